The number of rotatable bonds is 4. The molecule has 1 atom stereocenters. The maximum atomic E-state index is 12.9. The maximum absolute atomic E-state index is 12.9. The van der Waals surface area contributed by atoms with E-state index in [-0.39, 0.29) is 23.2 Å². The van der Waals surface area contributed by atoms with E-state index >= 15 is 0 Å². The minimum Gasteiger partial charge on any atom is -0.377 e. The molecule has 1 aliphatic heterocycles. The number of hydrogen-bond donors (Lipinski definition) is 1. The Morgan fingerprint density at radius 2 is 2.17 bits per heavy atom. The Labute approximate surface area is 135 Å². The number of nitrogens with one attached hydrogen (secondary N) is 1. The molecule has 1 unspecified atom stereocenters. The molecular formula is C17H23N3O3. The highest BCUT2D eigenvalue weighted by molar-refractivity contribution is 5.92. The van der Waals surface area contributed by atoms with Crippen molar-refractivity contribution in [2.45, 2.75) is 50.5 Å². The molecular weight excluding hydrogens is 294 g/mol. The minimum absolute atomic E-state index is 0.118. The quantitative estimate of drug-likeness (QED) is 0.917. The van der Waals surface area contributed by atoms with Crippen LogP contribution in [0.3, 0.4) is 0 Å². The van der Waals surface area contributed by atoms with Gasteiger partial charge in [-0.25, -0.2) is 4.98 Å². The van der Waals surface area contributed by atoms with Gasteiger partial charge in [0.1, 0.15) is 11.5 Å². The third-order valence-corrected chi connectivity index (χ3v) is 5.26. The Balaban J connectivity index is 1.54. The van der Waals surface area contributed by atoms with Crippen LogP contribution in [0.2, 0.25) is 0 Å². The molecule has 3 aliphatic rings. The van der Waals surface area contributed by atoms with Crippen LogP contribution in [0.4, 0.5) is 0 Å². The summed E-state index contributed by atoms with van der Waals surface area (Å²) in [6.45, 7) is 1.75. The van der Waals surface area contributed by atoms with Crippen LogP contribution in [0, 0.1) is 5.92 Å². The highest BCUT2D eigenvalue weighted by Gasteiger charge is 2.33. The number of hydrogen-bond acceptors (Lipinski definition) is 4. The van der Waals surface area contributed by atoms with Crippen LogP contribution in [-0.4, -0.2) is 46.6 Å². The molecule has 2 saturated carbocycles. The topological polar surface area (TPSA) is 75.3 Å². The minimum atomic E-state index is -0.228. The van der Waals surface area contributed by atoms with E-state index < -0.39 is 0 Å². The van der Waals surface area contributed by atoms with E-state index in [0.29, 0.717) is 37.4 Å². The molecule has 6 nitrogen and oxygen atoms in total. The van der Waals surface area contributed by atoms with Crippen LogP contribution in [0.5, 0.6) is 0 Å². The first-order valence-electron chi connectivity index (χ1n) is 8.70. The van der Waals surface area contributed by atoms with Gasteiger partial charge in [0.05, 0.1) is 19.3 Å². The van der Waals surface area contributed by atoms with Crippen molar-refractivity contribution in [1.29, 1.82) is 0 Å². The van der Waals surface area contributed by atoms with Gasteiger partial charge in [-0.1, -0.05) is 19.3 Å². The molecule has 2 heterocycles. The van der Waals surface area contributed by atoms with Gasteiger partial charge in [0.25, 0.3) is 11.5 Å². The lowest BCUT2D eigenvalue weighted by Gasteiger charge is -2.39. The third-order valence-electron chi connectivity index (χ3n) is 5.26. The normalized spacial score (nSPS) is 25.2. The van der Waals surface area contributed by atoms with Crippen LogP contribution in [-0.2, 0) is 4.74 Å². The summed E-state index contributed by atoms with van der Waals surface area (Å²) in [5.74, 6) is 1.59. The number of carbonyl (C=O) groups is 1. The van der Waals surface area contributed by atoms with E-state index in [4.69, 9.17) is 4.74 Å². The summed E-state index contributed by atoms with van der Waals surface area (Å²) in [5.41, 5.74) is 0.0604. The first-order chi connectivity index (χ1) is 11.2. The van der Waals surface area contributed by atoms with Crippen LogP contribution >= 0.6 is 0 Å². The molecule has 4 rings (SSSR count). The Hall–Kier alpha value is -1.69. The van der Waals surface area contributed by atoms with Crippen molar-refractivity contribution in [2.24, 2.45) is 5.92 Å². The van der Waals surface area contributed by atoms with E-state index in [1.807, 2.05) is 4.90 Å². The van der Waals surface area contributed by atoms with Crippen molar-refractivity contribution >= 4 is 5.91 Å². The lowest BCUT2D eigenvalue weighted by molar-refractivity contribution is -0.0127. The van der Waals surface area contributed by atoms with Crippen LogP contribution < -0.4 is 5.56 Å². The van der Waals surface area contributed by atoms with E-state index in [1.165, 1.54) is 25.3 Å². The number of aromatic nitrogens is 2. The van der Waals surface area contributed by atoms with Crippen molar-refractivity contribution in [2.75, 3.05) is 19.8 Å². The second-order valence-electron chi connectivity index (χ2n) is 7.05. The molecule has 1 aromatic heterocycles. The standard InChI is InChI=1S/C17H23N3O3/c21-15-9-14(18-16(19-15)12-4-5-12)17(22)20-6-7-23-10-13(20)8-11-2-1-3-11/h9,11-13H,1-8,10H2,(H,18,19,21). The second-order valence-corrected chi connectivity index (χ2v) is 7.05. The highest BCUT2D eigenvalue weighted by Crippen LogP contribution is 2.37. The first-order valence-corrected chi connectivity index (χ1v) is 8.70. The van der Waals surface area contributed by atoms with Crippen molar-refractivity contribution in [1.82, 2.24) is 14.9 Å². The zero-order valence-corrected chi connectivity index (χ0v) is 13.3. The molecule has 6 heteroatoms. The number of H-pyrrole nitrogens is 1. The zero-order chi connectivity index (χ0) is 15.8. The van der Waals surface area contributed by atoms with Gasteiger partial charge in [-0.3, -0.25) is 9.59 Å². The van der Waals surface area contributed by atoms with Crippen LogP contribution in [0.1, 0.15) is 60.8 Å². The van der Waals surface area contributed by atoms with Gasteiger partial charge in [0, 0.05) is 18.5 Å². The van der Waals surface area contributed by atoms with Gasteiger partial charge in [0.15, 0.2) is 0 Å². The summed E-state index contributed by atoms with van der Waals surface area (Å²) >= 11 is 0. The van der Waals surface area contributed by atoms with Crippen LogP contribution in [0.25, 0.3) is 0 Å². The van der Waals surface area contributed by atoms with Gasteiger partial charge in [-0.15, -0.1) is 0 Å². The van der Waals surface area contributed by atoms with Gasteiger partial charge < -0.3 is 14.6 Å². The molecule has 1 N–H and O–H groups in total. The average Bonchev–Trinajstić information content (AvgIpc) is 3.35. The summed E-state index contributed by atoms with van der Waals surface area (Å²) in [6, 6.07) is 1.45. The Morgan fingerprint density at radius 3 is 2.87 bits per heavy atom. The summed E-state index contributed by atoms with van der Waals surface area (Å²) in [7, 11) is 0. The Morgan fingerprint density at radius 1 is 1.35 bits per heavy atom. The lowest BCUT2D eigenvalue weighted by atomic mass is 9.80. The fourth-order valence-electron chi connectivity index (χ4n) is 3.51. The van der Waals surface area contributed by atoms with Crippen molar-refractivity contribution in [3.05, 3.63) is 27.9 Å². The number of ether oxygens (including phenoxy) is 1. The second kappa shape index (κ2) is 6.07. The van der Waals surface area contributed by atoms with Crippen molar-refractivity contribution in [3.63, 3.8) is 0 Å². The molecule has 3 fully saturated rings. The Kier molecular flexibility index (Phi) is 3.93. The number of aromatic amines is 1. The maximum Gasteiger partial charge on any atom is 0.273 e. The smallest absolute Gasteiger partial charge is 0.273 e. The molecule has 124 valence electrons. The number of morpholine rings is 1. The molecule has 0 bridgehead atoms. The van der Waals surface area contributed by atoms with Gasteiger partial charge in [0.2, 0.25) is 0 Å². The fourth-order valence-corrected chi connectivity index (χ4v) is 3.51. The van der Waals surface area contributed by atoms with Crippen molar-refractivity contribution in [3.8, 4) is 0 Å². The van der Waals surface area contributed by atoms with E-state index in [0.717, 1.165) is 19.3 Å². The van der Waals surface area contributed by atoms with E-state index in [1.54, 1.807) is 0 Å². The molecule has 0 spiro atoms. The van der Waals surface area contributed by atoms with E-state index in [2.05, 4.69) is 9.97 Å². The van der Waals surface area contributed by atoms with Crippen LogP contribution in [0.15, 0.2) is 10.9 Å². The first kappa shape index (κ1) is 14.9. The number of carbonyl (C=O) groups excluding carboxylic acids is 1. The predicted octanol–water partition coefficient (Wildman–Crippen LogP) is 1.68. The van der Waals surface area contributed by atoms with E-state index in [9.17, 15) is 9.59 Å². The summed E-state index contributed by atoms with van der Waals surface area (Å²) in [6.07, 6.45) is 6.91. The fraction of sp³-hybridized carbons (Fsp3) is 0.706. The molecule has 1 amide bonds. The lowest BCUT2D eigenvalue weighted by Crippen LogP contribution is -2.50. The third kappa shape index (κ3) is 3.17. The molecule has 0 aromatic carbocycles. The molecule has 2 aliphatic carbocycles. The largest absolute Gasteiger partial charge is 0.377 e. The molecule has 1 aromatic rings. The van der Waals surface area contributed by atoms with Gasteiger partial charge >= 0.3 is 0 Å². The summed E-state index contributed by atoms with van der Waals surface area (Å²) in [4.78, 5) is 33.8. The highest BCUT2D eigenvalue weighted by atomic mass is 16.5. The number of amides is 1. The molecule has 1 saturated heterocycles. The SMILES string of the molecule is O=C(c1cc(=O)[nH]c(C2CC2)n1)N1CCOCC1CC1CCC1. The summed E-state index contributed by atoms with van der Waals surface area (Å²) < 4.78 is 5.58. The molecule has 0 radical (unpaired) electrons. The van der Waals surface area contributed by atoms with Gasteiger partial charge in [-0.05, 0) is 25.2 Å². The summed E-state index contributed by atoms with van der Waals surface area (Å²) in [5, 5.41) is 0. The van der Waals surface area contributed by atoms with Crippen molar-refractivity contribution < 1.29 is 9.53 Å². The monoisotopic (exact) mass is 317 g/mol. The zero-order valence-electron chi connectivity index (χ0n) is 13.3. The Bertz CT molecular complexity index is 649. The average molecular weight is 317 g/mol. The number of nitrogens with zero attached hydrogens (tertiary/aromatic N) is 2. The predicted molar refractivity (Wildman–Crippen MR) is 84.4 cm³/mol. The van der Waals surface area contributed by atoms with Gasteiger partial charge in [-0.2, -0.15) is 0 Å². The molecule has 23 heavy (non-hydrogen) atoms.